The van der Waals surface area contributed by atoms with Crippen molar-refractivity contribution in [2.45, 2.75) is 31.3 Å². The van der Waals surface area contributed by atoms with Gasteiger partial charge >= 0.3 is 0 Å². The minimum absolute atomic E-state index is 0.0917. The van der Waals surface area contributed by atoms with Crippen molar-refractivity contribution in [2.75, 3.05) is 12.4 Å². The first-order chi connectivity index (χ1) is 11.0. The second-order valence-corrected chi connectivity index (χ2v) is 8.08. The van der Waals surface area contributed by atoms with Crippen molar-refractivity contribution < 1.29 is 22.7 Å². The van der Waals surface area contributed by atoms with Crippen LogP contribution in [0, 0.1) is 0 Å². The molecule has 0 aliphatic carbocycles. The lowest BCUT2D eigenvalue weighted by atomic mass is 9.87. The molecule has 0 bridgehead atoms. The fourth-order valence-corrected chi connectivity index (χ4v) is 2.62. The molecule has 8 heteroatoms. The molecule has 0 unspecified atom stereocenters. The van der Waals surface area contributed by atoms with Crippen LogP contribution in [0.4, 0.5) is 5.69 Å². The number of nitrogens with one attached hydrogen (secondary N) is 2. The maximum atomic E-state index is 12.2. The minimum atomic E-state index is -3.76. The van der Waals surface area contributed by atoms with E-state index < -0.39 is 15.9 Å². The molecule has 0 saturated heterocycles. The molecule has 1 aromatic heterocycles. The SMILES string of the molecule is CNS(=O)(=O)c1ccc(C(=O)Nc2cc(C(C)(C)C)ccc2O)o1. The Morgan fingerprint density at radius 2 is 1.83 bits per heavy atom. The number of amides is 1. The molecule has 3 N–H and O–H groups in total. The Hall–Kier alpha value is -2.32. The lowest BCUT2D eigenvalue weighted by Crippen LogP contribution is -2.18. The molecule has 0 aliphatic rings. The molecule has 0 aliphatic heterocycles. The zero-order valence-corrected chi connectivity index (χ0v) is 14.7. The summed E-state index contributed by atoms with van der Waals surface area (Å²) < 4.78 is 30.4. The fraction of sp³-hybridized carbons (Fsp3) is 0.312. The Kier molecular flexibility index (Phi) is 4.73. The van der Waals surface area contributed by atoms with Crippen LogP contribution >= 0.6 is 0 Å². The van der Waals surface area contributed by atoms with Gasteiger partial charge in [-0.05, 0) is 42.3 Å². The van der Waals surface area contributed by atoms with Gasteiger partial charge in [-0.1, -0.05) is 26.8 Å². The Bertz CT molecular complexity index is 863. The Morgan fingerprint density at radius 3 is 2.42 bits per heavy atom. The summed E-state index contributed by atoms with van der Waals surface area (Å²) in [6.45, 7) is 6.02. The number of furan rings is 1. The number of phenolic OH excluding ortho intramolecular Hbond substituents is 1. The van der Waals surface area contributed by atoms with Crippen molar-refractivity contribution in [3.63, 3.8) is 0 Å². The number of sulfonamides is 1. The van der Waals surface area contributed by atoms with E-state index in [2.05, 4.69) is 10.0 Å². The highest BCUT2D eigenvalue weighted by Crippen LogP contribution is 2.31. The number of hydrogen-bond acceptors (Lipinski definition) is 5. The molecule has 0 radical (unpaired) electrons. The Balaban J connectivity index is 2.28. The van der Waals surface area contributed by atoms with Gasteiger partial charge in [0.2, 0.25) is 5.09 Å². The number of carbonyl (C=O) groups excluding carboxylic acids is 1. The van der Waals surface area contributed by atoms with Crippen molar-refractivity contribution in [1.82, 2.24) is 4.72 Å². The Labute approximate surface area is 140 Å². The van der Waals surface area contributed by atoms with E-state index in [0.29, 0.717) is 0 Å². The van der Waals surface area contributed by atoms with Crippen LogP contribution in [-0.2, 0) is 15.4 Å². The first kappa shape index (κ1) is 18.0. The second-order valence-electron chi connectivity index (χ2n) is 6.26. The van der Waals surface area contributed by atoms with Crippen LogP contribution in [0.2, 0.25) is 0 Å². The molecule has 130 valence electrons. The first-order valence-electron chi connectivity index (χ1n) is 7.23. The summed E-state index contributed by atoms with van der Waals surface area (Å²) in [5, 5.41) is 12.1. The van der Waals surface area contributed by atoms with Crippen LogP contribution < -0.4 is 10.0 Å². The predicted octanol–water partition coefficient (Wildman–Crippen LogP) is 2.44. The van der Waals surface area contributed by atoms with E-state index in [1.54, 1.807) is 12.1 Å². The molecule has 7 nitrogen and oxygen atoms in total. The van der Waals surface area contributed by atoms with E-state index >= 15 is 0 Å². The van der Waals surface area contributed by atoms with Gasteiger partial charge in [0.15, 0.2) is 5.76 Å². The maximum absolute atomic E-state index is 12.2. The Morgan fingerprint density at radius 1 is 1.17 bits per heavy atom. The molecule has 0 atom stereocenters. The summed E-state index contributed by atoms with van der Waals surface area (Å²) in [7, 11) is -2.52. The second kappa shape index (κ2) is 6.29. The van der Waals surface area contributed by atoms with E-state index in [4.69, 9.17) is 4.42 Å². The van der Waals surface area contributed by atoms with Gasteiger partial charge in [0.05, 0.1) is 5.69 Å². The molecular weight excluding hydrogens is 332 g/mol. The lowest BCUT2D eigenvalue weighted by Gasteiger charge is -2.20. The summed E-state index contributed by atoms with van der Waals surface area (Å²) in [5.41, 5.74) is 0.988. The maximum Gasteiger partial charge on any atom is 0.291 e. The molecule has 24 heavy (non-hydrogen) atoms. The molecule has 1 heterocycles. The van der Waals surface area contributed by atoms with E-state index in [9.17, 15) is 18.3 Å². The number of anilines is 1. The van der Waals surface area contributed by atoms with E-state index in [1.807, 2.05) is 20.8 Å². The summed E-state index contributed by atoms with van der Waals surface area (Å²) >= 11 is 0. The number of carbonyl (C=O) groups is 1. The lowest BCUT2D eigenvalue weighted by molar-refractivity contribution is 0.0991. The number of hydrogen-bond donors (Lipinski definition) is 3. The zero-order valence-electron chi connectivity index (χ0n) is 13.9. The van der Waals surface area contributed by atoms with Crippen LogP contribution in [0.25, 0.3) is 0 Å². The van der Waals surface area contributed by atoms with Gasteiger partial charge in [-0.15, -0.1) is 0 Å². The molecule has 1 aromatic carbocycles. The van der Waals surface area contributed by atoms with Crippen LogP contribution in [-0.4, -0.2) is 26.5 Å². The van der Waals surface area contributed by atoms with Crippen LogP contribution in [0.3, 0.4) is 0 Å². The van der Waals surface area contributed by atoms with Crippen molar-refractivity contribution in [2.24, 2.45) is 0 Å². The molecular formula is C16H20N2O5S. The number of benzene rings is 1. The third-order valence-electron chi connectivity index (χ3n) is 3.45. The summed E-state index contributed by atoms with van der Waals surface area (Å²) in [6.07, 6.45) is 0. The molecule has 0 spiro atoms. The van der Waals surface area contributed by atoms with Crippen molar-refractivity contribution in [3.05, 3.63) is 41.7 Å². The topological polar surface area (TPSA) is 109 Å². The molecule has 0 saturated carbocycles. The molecule has 2 rings (SSSR count). The zero-order chi connectivity index (χ0) is 18.1. The quantitative estimate of drug-likeness (QED) is 0.732. The predicted molar refractivity (Wildman–Crippen MR) is 89.7 cm³/mol. The molecule has 0 fully saturated rings. The molecule has 1 amide bonds. The highest BCUT2D eigenvalue weighted by atomic mass is 32.2. The van der Waals surface area contributed by atoms with Gasteiger partial charge in [-0.25, -0.2) is 13.1 Å². The first-order valence-corrected chi connectivity index (χ1v) is 8.71. The molecule has 2 aromatic rings. The van der Waals surface area contributed by atoms with Gasteiger partial charge in [0, 0.05) is 0 Å². The average molecular weight is 352 g/mol. The monoisotopic (exact) mass is 352 g/mol. The summed E-state index contributed by atoms with van der Waals surface area (Å²) in [6, 6.07) is 7.38. The fourth-order valence-electron chi connectivity index (χ4n) is 1.97. The van der Waals surface area contributed by atoms with Crippen LogP contribution in [0.5, 0.6) is 5.75 Å². The van der Waals surface area contributed by atoms with Gasteiger partial charge in [0.1, 0.15) is 5.75 Å². The normalized spacial score (nSPS) is 12.2. The minimum Gasteiger partial charge on any atom is -0.506 e. The van der Waals surface area contributed by atoms with E-state index in [1.165, 1.54) is 25.2 Å². The van der Waals surface area contributed by atoms with Crippen LogP contribution in [0.15, 0.2) is 39.8 Å². The average Bonchev–Trinajstić information content (AvgIpc) is 2.99. The van der Waals surface area contributed by atoms with Gasteiger partial charge < -0.3 is 14.8 Å². The van der Waals surface area contributed by atoms with Crippen LogP contribution in [0.1, 0.15) is 36.9 Å². The largest absolute Gasteiger partial charge is 0.506 e. The number of phenols is 1. The van der Waals surface area contributed by atoms with Gasteiger partial charge in [-0.2, -0.15) is 0 Å². The number of aromatic hydroxyl groups is 1. The summed E-state index contributed by atoms with van der Waals surface area (Å²) in [5.74, 6) is -0.927. The van der Waals surface area contributed by atoms with Crippen molar-refractivity contribution >= 4 is 21.6 Å². The van der Waals surface area contributed by atoms with Crippen molar-refractivity contribution in [1.29, 1.82) is 0 Å². The highest BCUT2D eigenvalue weighted by Gasteiger charge is 2.21. The third kappa shape index (κ3) is 3.77. The van der Waals surface area contributed by atoms with Gasteiger partial charge in [0.25, 0.3) is 15.9 Å². The standard InChI is InChI=1S/C16H20N2O5S/c1-16(2,3)10-5-6-12(19)11(9-10)18-15(20)13-7-8-14(23-13)24(21,22)17-4/h5-9,17,19H,1-4H3,(H,18,20). The van der Waals surface area contributed by atoms with Gasteiger partial charge in [-0.3, -0.25) is 4.79 Å². The third-order valence-corrected chi connectivity index (χ3v) is 4.74. The summed E-state index contributed by atoms with van der Waals surface area (Å²) in [4.78, 5) is 12.2. The van der Waals surface area contributed by atoms with E-state index in [0.717, 1.165) is 5.56 Å². The smallest absolute Gasteiger partial charge is 0.291 e. The highest BCUT2D eigenvalue weighted by molar-refractivity contribution is 7.89. The number of rotatable bonds is 4. The van der Waals surface area contributed by atoms with E-state index in [-0.39, 0.29) is 27.7 Å². The van der Waals surface area contributed by atoms with Crippen molar-refractivity contribution in [3.8, 4) is 5.75 Å².